The third-order valence-corrected chi connectivity index (χ3v) is 12.0. The molecule has 0 bridgehead atoms. The monoisotopic (exact) mass is 791 g/mol. The average Bonchev–Trinajstić information content (AvgIpc) is 3.87. The molecule has 0 unspecified atom stereocenters. The van der Waals surface area contributed by atoms with Crippen molar-refractivity contribution in [3.63, 3.8) is 0 Å². The summed E-state index contributed by atoms with van der Waals surface area (Å²) in [4.78, 5) is 15.5. The molecule has 0 amide bonds. The fourth-order valence-corrected chi connectivity index (χ4v) is 9.19. The quantitative estimate of drug-likeness (QED) is 0.162. The molecule has 5 heteroatoms. The Bertz CT molecular complexity index is 3550. The van der Waals surface area contributed by atoms with E-state index in [-0.39, 0.29) is 0 Å². The van der Waals surface area contributed by atoms with Gasteiger partial charge in [-0.15, -0.1) is 0 Å². The maximum atomic E-state index is 5.22. The van der Waals surface area contributed by atoms with Gasteiger partial charge in [-0.2, -0.15) is 0 Å². The number of rotatable bonds is 7. The summed E-state index contributed by atoms with van der Waals surface area (Å²) in [6.07, 6.45) is 0. The summed E-state index contributed by atoms with van der Waals surface area (Å²) in [5, 5.41) is 4.71. The summed E-state index contributed by atoms with van der Waals surface area (Å²) in [5.74, 6) is 1.87. The molecule has 0 fully saturated rings. The molecule has 290 valence electrons. The number of nitrogens with zero attached hydrogens (tertiary/aromatic N) is 5. The summed E-state index contributed by atoms with van der Waals surface area (Å²) in [7, 11) is 0. The van der Waals surface area contributed by atoms with Crippen molar-refractivity contribution in [1.82, 2.24) is 24.1 Å². The lowest BCUT2D eigenvalue weighted by Crippen LogP contribution is -2.03. The smallest absolute Gasteiger partial charge is 0.166 e. The van der Waals surface area contributed by atoms with E-state index >= 15 is 0 Å². The van der Waals surface area contributed by atoms with Crippen molar-refractivity contribution in [2.45, 2.75) is 0 Å². The van der Waals surface area contributed by atoms with Crippen LogP contribution in [0.3, 0.4) is 0 Å². The largest absolute Gasteiger partial charge is 0.309 e. The highest BCUT2D eigenvalue weighted by atomic mass is 15.1. The van der Waals surface area contributed by atoms with Crippen molar-refractivity contribution >= 4 is 43.6 Å². The van der Waals surface area contributed by atoms with E-state index in [1.807, 2.05) is 36.4 Å². The highest BCUT2D eigenvalue weighted by molar-refractivity contribution is 6.26. The average molecular weight is 792 g/mol. The summed E-state index contributed by atoms with van der Waals surface area (Å²) in [6.45, 7) is 0. The second kappa shape index (κ2) is 14.7. The van der Waals surface area contributed by atoms with E-state index in [1.54, 1.807) is 0 Å². The van der Waals surface area contributed by atoms with Crippen LogP contribution in [-0.4, -0.2) is 24.1 Å². The van der Waals surface area contributed by atoms with Crippen molar-refractivity contribution in [2.75, 3.05) is 0 Å². The zero-order valence-corrected chi connectivity index (χ0v) is 33.6. The molecule has 3 aromatic heterocycles. The molecule has 0 saturated carbocycles. The third-order valence-electron chi connectivity index (χ3n) is 12.0. The Balaban J connectivity index is 1.17. The van der Waals surface area contributed by atoms with Crippen LogP contribution in [-0.2, 0) is 0 Å². The molecule has 0 spiro atoms. The summed E-state index contributed by atoms with van der Waals surface area (Å²) in [6, 6.07) is 79.3. The van der Waals surface area contributed by atoms with Gasteiger partial charge in [0.05, 0.1) is 33.4 Å². The van der Waals surface area contributed by atoms with Crippen LogP contribution in [0, 0.1) is 0 Å². The first-order chi connectivity index (χ1) is 30.8. The van der Waals surface area contributed by atoms with E-state index in [0.29, 0.717) is 17.5 Å². The Hall–Kier alpha value is -8.41. The Morgan fingerprint density at radius 1 is 0.274 bits per heavy atom. The summed E-state index contributed by atoms with van der Waals surface area (Å²) < 4.78 is 4.91. The minimum absolute atomic E-state index is 0.610. The maximum Gasteiger partial charge on any atom is 0.166 e. The molecular weight excluding hydrogens is 755 g/mol. The molecule has 9 aromatic carbocycles. The molecule has 0 radical (unpaired) electrons. The normalized spacial score (nSPS) is 11.5. The first-order valence-corrected chi connectivity index (χ1v) is 21.0. The van der Waals surface area contributed by atoms with Crippen LogP contribution in [0.1, 0.15) is 0 Å². The zero-order chi connectivity index (χ0) is 41.0. The highest BCUT2D eigenvalue weighted by Gasteiger charge is 2.24. The van der Waals surface area contributed by atoms with Gasteiger partial charge in [0.2, 0.25) is 0 Å². The highest BCUT2D eigenvalue weighted by Crippen LogP contribution is 2.45. The molecule has 5 nitrogen and oxygen atoms in total. The Morgan fingerprint density at radius 3 is 1.45 bits per heavy atom. The molecule has 0 aliphatic heterocycles. The van der Waals surface area contributed by atoms with E-state index in [0.717, 1.165) is 61.3 Å². The number of hydrogen-bond acceptors (Lipinski definition) is 3. The van der Waals surface area contributed by atoms with Crippen LogP contribution in [0.2, 0.25) is 0 Å². The lowest BCUT2D eigenvalue weighted by Gasteiger charge is -2.17. The topological polar surface area (TPSA) is 48.5 Å². The van der Waals surface area contributed by atoms with Gasteiger partial charge in [-0.25, -0.2) is 15.0 Å². The lowest BCUT2D eigenvalue weighted by atomic mass is 9.98. The number of para-hydroxylation sites is 3. The van der Waals surface area contributed by atoms with Crippen LogP contribution in [0.5, 0.6) is 0 Å². The second-order valence-corrected chi connectivity index (χ2v) is 15.6. The van der Waals surface area contributed by atoms with E-state index in [4.69, 9.17) is 15.0 Å². The van der Waals surface area contributed by atoms with Crippen LogP contribution in [0.25, 0.3) is 111 Å². The van der Waals surface area contributed by atoms with Crippen molar-refractivity contribution in [3.8, 4) is 67.8 Å². The Kier molecular flexibility index (Phi) is 8.42. The zero-order valence-electron chi connectivity index (χ0n) is 33.6. The molecule has 0 atom stereocenters. The molecule has 0 aliphatic rings. The SMILES string of the molecule is c1ccc(-c2ccc(-c3ccccc3)c(-n3c4ccccc4c4c3ccc3c5ccccc5n(-c5ccccc5-c5nc(-c6ccccc6)nc(-c6ccccc6)n5)c34)c2)cc1. The second-order valence-electron chi connectivity index (χ2n) is 15.6. The molecule has 12 aromatic rings. The molecule has 0 aliphatic carbocycles. The fraction of sp³-hybridized carbons (Fsp3) is 0. The molecule has 12 rings (SSSR count). The van der Waals surface area contributed by atoms with Gasteiger partial charge >= 0.3 is 0 Å². The van der Waals surface area contributed by atoms with Crippen molar-refractivity contribution in [3.05, 3.63) is 224 Å². The van der Waals surface area contributed by atoms with Crippen LogP contribution >= 0.6 is 0 Å². The van der Waals surface area contributed by atoms with Gasteiger partial charge < -0.3 is 9.13 Å². The van der Waals surface area contributed by atoms with Crippen LogP contribution < -0.4 is 0 Å². The van der Waals surface area contributed by atoms with E-state index < -0.39 is 0 Å². The van der Waals surface area contributed by atoms with Gasteiger partial charge in [0, 0.05) is 43.8 Å². The van der Waals surface area contributed by atoms with E-state index in [2.05, 4.69) is 197 Å². The van der Waals surface area contributed by atoms with Gasteiger partial charge in [-0.05, 0) is 53.1 Å². The van der Waals surface area contributed by atoms with Crippen LogP contribution in [0.15, 0.2) is 224 Å². The maximum absolute atomic E-state index is 5.22. The number of fused-ring (bicyclic) bond motifs is 7. The predicted molar refractivity (Wildman–Crippen MR) is 256 cm³/mol. The molecule has 3 heterocycles. The van der Waals surface area contributed by atoms with Crippen LogP contribution in [0.4, 0.5) is 0 Å². The molecule has 62 heavy (non-hydrogen) atoms. The lowest BCUT2D eigenvalue weighted by molar-refractivity contribution is 1.06. The van der Waals surface area contributed by atoms with Gasteiger partial charge in [0.1, 0.15) is 0 Å². The standard InChI is InChI=1S/C57H37N5/c1-5-19-38(20-6-1)42-33-34-43(39-21-7-2-8-22-39)52(37-42)61-49-31-17-14-28-46(49)53-51(61)36-35-45-44-27-13-16-30-48(44)62(54(45)53)50-32-18-15-29-47(50)57-59-55(40-23-9-3-10-24-40)58-56(60-57)41-25-11-4-12-26-41/h1-37H. The minimum atomic E-state index is 0.610. The van der Waals surface area contributed by atoms with Gasteiger partial charge in [0.15, 0.2) is 17.5 Å². The number of hydrogen-bond donors (Lipinski definition) is 0. The van der Waals surface area contributed by atoms with Gasteiger partial charge in [-0.3, -0.25) is 0 Å². The summed E-state index contributed by atoms with van der Waals surface area (Å²) in [5.41, 5.74) is 14.1. The van der Waals surface area contributed by atoms with Gasteiger partial charge in [-0.1, -0.05) is 188 Å². The fourth-order valence-electron chi connectivity index (χ4n) is 9.19. The predicted octanol–water partition coefficient (Wildman–Crippen LogP) is 14.4. The molecular formula is C57H37N5. The van der Waals surface area contributed by atoms with Crippen molar-refractivity contribution in [2.24, 2.45) is 0 Å². The third kappa shape index (κ3) is 5.82. The minimum Gasteiger partial charge on any atom is -0.309 e. The Morgan fingerprint density at radius 2 is 0.790 bits per heavy atom. The molecule has 0 saturated heterocycles. The van der Waals surface area contributed by atoms with E-state index in [9.17, 15) is 0 Å². The van der Waals surface area contributed by atoms with Crippen molar-refractivity contribution < 1.29 is 0 Å². The number of aromatic nitrogens is 5. The summed E-state index contributed by atoms with van der Waals surface area (Å²) >= 11 is 0. The Labute approximate surface area is 358 Å². The number of benzene rings is 9. The molecule has 0 N–H and O–H groups in total. The van der Waals surface area contributed by atoms with Gasteiger partial charge in [0.25, 0.3) is 0 Å². The first-order valence-electron chi connectivity index (χ1n) is 21.0. The van der Waals surface area contributed by atoms with E-state index in [1.165, 1.54) is 32.7 Å². The first kappa shape index (κ1) is 35.5. The van der Waals surface area contributed by atoms with Crippen molar-refractivity contribution in [1.29, 1.82) is 0 Å².